The van der Waals surface area contributed by atoms with Gasteiger partial charge in [-0.2, -0.15) is 0 Å². The number of aromatic amines is 1. The van der Waals surface area contributed by atoms with Gasteiger partial charge in [0.15, 0.2) is 18.4 Å². The average molecular weight is 965 g/mol. The van der Waals surface area contributed by atoms with E-state index < -0.39 is 75.0 Å². The molecule has 0 saturated carbocycles. The molecule has 1 amide bonds. The molecule has 11 atom stereocenters. The fourth-order valence-corrected chi connectivity index (χ4v) is 10.1. The van der Waals surface area contributed by atoms with Crippen molar-refractivity contribution in [2.75, 3.05) is 39.1 Å². The highest BCUT2D eigenvalue weighted by Gasteiger charge is 2.61. The maximum atomic E-state index is 15.3. The van der Waals surface area contributed by atoms with Gasteiger partial charge >= 0.3 is 6.09 Å². The number of aliphatic hydroxyl groups is 2. The first-order chi connectivity index (χ1) is 31.6. The van der Waals surface area contributed by atoms with Gasteiger partial charge in [-0.1, -0.05) is 48.9 Å². The Morgan fingerprint density at radius 1 is 1.18 bits per heavy atom. The van der Waals surface area contributed by atoms with Gasteiger partial charge in [-0.3, -0.25) is 19.9 Å². The molecular formula is C47H56N4O12S3. The second-order valence-corrected chi connectivity index (χ2v) is 20.4. The Bertz CT molecular complexity index is 2550. The second kappa shape index (κ2) is 22.5. The van der Waals surface area contributed by atoms with Crippen molar-refractivity contribution in [3.63, 3.8) is 0 Å². The number of ketones is 2. The summed E-state index contributed by atoms with van der Waals surface area (Å²) in [7, 11) is 2.16. The van der Waals surface area contributed by atoms with Gasteiger partial charge in [0.25, 0.3) is 0 Å². The molecule has 16 nitrogen and oxygen atoms in total. The van der Waals surface area contributed by atoms with Crippen molar-refractivity contribution < 1.29 is 58.1 Å². The maximum absolute atomic E-state index is 15.3. The number of methoxy groups -OCH3 is 2. The van der Waals surface area contributed by atoms with E-state index in [9.17, 15) is 24.9 Å². The SMILES string of the molecule is CC#C/C=C\C#C[C@H](OC1OC(C)C(SC)(C(=O)c2nccc3c2[nH]c2cc(O)ccc23)C(O)C1OC1CC(OC)C(NC(C)C)CO1)C1=C(NC(=O)OC)C(=O)C[C@H](O)/C1=C/CS(C)=S. The predicted octanol–water partition coefficient (Wildman–Crippen LogP) is 3.87. The van der Waals surface area contributed by atoms with Crippen LogP contribution in [0.25, 0.3) is 21.8 Å². The van der Waals surface area contributed by atoms with Crippen LogP contribution in [0.3, 0.4) is 0 Å². The van der Waals surface area contributed by atoms with Crippen LogP contribution in [0.4, 0.5) is 4.79 Å². The van der Waals surface area contributed by atoms with E-state index in [1.165, 1.54) is 18.3 Å². The van der Waals surface area contributed by atoms with Crippen molar-refractivity contribution in [2.45, 2.75) is 107 Å². The molecule has 6 rings (SSSR count). The number of amides is 1. The van der Waals surface area contributed by atoms with E-state index in [1.54, 1.807) is 57.6 Å². The lowest BCUT2D eigenvalue weighted by Gasteiger charge is -2.51. The average Bonchev–Trinajstić information content (AvgIpc) is 3.65. The van der Waals surface area contributed by atoms with Crippen molar-refractivity contribution in [3.8, 4) is 29.4 Å². The van der Waals surface area contributed by atoms with Crippen molar-refractivity contribution in [1.29, 1.82) is 0 Å². The van der Waals surface area contributed by atoms with Gasteiger partial charge in [-0.15, -0.1) is 27.1 Å². The highest BCUT2D eigenvalue weighted by Crippen LogP contribution is 2.46. The number of Topliss-reactive ketones (excluding diaryl/α,β-unsaturated/α-hetero) is 2. The normalized spacial score (nSPS) is 28.5. The zero-order chi connectivity index (χ0) is 47.9. The Kier molecular flexibility index (Phi) is 17.4. The number of aromatic hydroxyl groups is 1. The summed E-state index contributed by atoms with van der Waals surface area (Å²) >= 11 is 6.54. The number of alkyl carbamates (subject to hydrolysis) is 1. The number of pyridine rings is 1. The Balaban J connectivity index is 1.50. The number of carbonyl (C=O) groups excluding carboxylic acids is 3. The van der Waals surface area contributed by atoms with Crippen LogP contribution in [-0.2, 0) is 53.9 Å². The summed E-state index contributed by atoms with van der Waals surface area (Å²) in [4.78, 5) is 49.7. The molecule has 2 aromatic heterocycles. The van der Waals surface area contributed by atoms with Crippen LogP contribution < -0.4 is 10.6 Å². The molecule has 0 bridgehead atoms. The minimum Gasteiger partial charge on any atom is -0.508 e. The number of rotatable bonds is 14. The number of phenols is 1. The lowest BCUT2D eigenvalue weighted by molar-refractivity contribution is -0.323. The number of fused-ring (bicyclic) bond motifs is 3. The third-order valence-electron chi connectivity index (χ3n) is 11.6. The molecule has 4 heterocycles. The van der Waals surface area contributed by atoms with Crippen LogP contribution in [0.15, 0.2) is 65.5 Å². The number of aromatic nitrogens is 2. The van der Waals surface area contributed by atoms with Gasteiger partial charge in [0, 0.05) is 60.4 Å². The van der Waals surface area contributed by atoms with E-state index in [2.05, 4.69) is 44.3 Å². The zero-order valence-corrected chi connectivity index (χ0v) is 40.4. The molecule has 3 aliphatic rings. The summed E-state index contributed by atoms with van der Waals surface area (Å²) in [5, 5.41) is 42.1. The van der Waals surface area contributed by atoms with Crippen LogP contribution in [0.5, 0.6) is 5.75 Å². The quantitative estimate of drug-likeness (QED) is 0.0998. The van der Waals surface area contributed by atoms with Gasteiger partial charge in [0.05, 0.1) is 54.8 Å². The lowest BCUT2D eigenvalue weighted by atomic mass is 9.82. The molecule has 0 spiro atoms. The molecule has 1 aliphatic carbocycles. The first kappa shape index (κ1) is 50.9. The van der Waals surface area contributed by atoms with Gasteiger partial charge in [0.2, 0.25) is 5.78 Å². The van der Waals surface area contributed by atoms with E-state index in [4.69, 9.17) is 39.6 Å². The topological polar surface area (TPSA) is 220 Å². The number of nitrogens with zero attached hydrogens (tertiary/aromatic N) is 1. The number of carbonyl (C=O) groups is 3. The smallest absolute Gasteiger partial charge is 0.411 e. The number of allylic oxidation sites excluding steroid dienone is 3. The van der Waals surface area contributed by atoms with Crippen molar-refractivity contribution in [1.82, 2.24) is 20.6 Å². The zero-order valence-electron chi connectivity index (χ0n) is 37.9. The molecule has 9 unspecified atom stereocenters. The Morgan fingerprint density at radius 2 is 1.94 bits per heavy atom. The van der Waals surface area contributed by atoms with E-state index in [1.807, 2.05) is 20.1 Å². The molecular weight excluding hydrogens is 909 g/mol. The highest BCUT2D eigenvalue weighted by atomic mass is 32.8. The Hall–Kier alpha value is -4.48. The molecule has 6 N–H and O–H groups in total. The minimum absolute atomic E-state index is 0.00559. The number of thioether (sulfide) groups is 1. The third kappa shape index (κ3) is 10.9. The van der Waals surface area contributed by atoms with Crippen LogP contribution >= 0.6 is 11.8 Å². The van der Waals surface area contributed by atoms with Crippen LogP contribution in [0.2, 0.25) is 0 Å². The van der Waals surface area contributed by atoms with E-state index in [0.717, 1.165) is 24.3 Å². The molecule has 19 heteroatoms. The number of phenolic OH excluding ortho intramolecular Hbond substituents is 1. The van der Waals surface area contributed by atoms with Crippen LogP contribution in [-0.4, -0.2) is 148 Å². The lowest BCUT2D eigenvalue weighted by Crippen LogP contribution is -2.68. The molecule has 354 valence electrons. The summed E-state index contributed by atoms with van der Waals surface area (Å²) in [6.07, 6.45) is -1.59. The van der Waals surface area contributed by atoms with Gasteiger partial charge in [-0.25, -0.2) is 4.79 Å². The highest BCUT2D eigenvalue weighted by molar-refractivity contribution is 8.28. The summed E-state index contributed by atoms with van der Waals surface area (Å²) in [6, 6.07) is 6.51. The Morgan fingerprint density at radius 3 is 2.62 bits per heavy atom. The number of hydrogen-bond acceptors (Lipinski definition) is 16. The van der Waals surface area contributed by atoms with Crippen LogP contribution in [0, 0.1) is 23.7 Å². The first-order valence-corrected chi connectivity index (χ1v) is 25.2. The molecule has 2 saturated heterocycles. The van der Waals surface area contributed by atoms with Gasteiger partial charge in [-0.05, 0) is 62.3 Å². The third-order valence-corrected chi connectivity index (χ3v) is 14.0. The summed E-state index contributed by atoms with van der Waals surface area (Å²) in [6.45, 7) is 7.47. The van der Waals surface area contributed by atoms with E-state index >= 15 is 4.79 Å². The maximum Gasteiger partial charge on any atom is 0.411 e. The Labute approximate surface area is 395 Å². The number of nitrogens with one attached hydrogen (secondary N) is 3. The number of benzene rings is 1. The number of ether oxygens (including phenoxy) is 6. The number of H-pyrrole nitrogens is 1. The number of hydrogen-bond donors (Lipinski definition) is 6. The summed E-state index contributed by atoms with van der Waals surface area (Å²) in [5.74, 6) is 10.6. The van der Waals surface area contributed by atoms with Gasteiger partial charge in [0.1, 0.15) is 34.5 Å². The monoisotopic (exact) mass is 964 g/mol. The molecule has 3 aromatic rings. The minimum atomic E-state index is -1.80. The van der Waals surface area contributed by atoms with E-state index in [-0.39, 0.29) is 65.9 Å². The molecule has 0 radical (unpaired) electrons. The molecule has 1 aromatic carbocycles. The molecule has 2 fully saturated rings. The fourth-order valence-electron chi connectivity index (χ4n) is 8.48. The van der Waals surface area contributed by atoms with Gasteiger partial charge < -0.3 is 54.0 Å². The fraction of sp³-hybridized carbons (Fsp3) is 0.489. The van der Waals surface area contributed by atoms with Crippen molar-refractivity contribution in [3.05, 3.63) is 71.2 Å². The number of aliphatic hydroxyl groups excluding tert-OH is 2. The summed E-state index contributed by atoms with van der Waals surface area (Å²) in [5.41, 5.74) is 0.964. The summed E-state index contributed by atoms with van der Waals surface area (Å²) < 4.78 is 35.4. The predicted molar refractivity (Wildman–Crippen MR) is 255 cm³/mol. The largest absolute Gasteiger partial charge is 0.508 e. The molecule has 2 aliphatic heterocycles. The van der Waals surface area contributed by atoms with Crippen LogP contribution in [0.1, 0.15) is 51.0 Å². The standard InChI is InChI=1S/C47H56N4O12S3/c1-9-10-11-12-13-14-35(38-30(18-20-66(8)64)33(53)22-34(54)40(38)51-46(57)59-6)62-45-42(63-37-23-36(58-5)32(24-60-37)49-25(2)3)44(56)47(65-7,26(4)61-45)43(55)41-39-29(17-19-48-41)28-16-15-27(52)21-31(28)50-39/h11-12,15-19,21,25-26,32-33,35-37,42,44-45,49-50,52-53,56H,20,22-24H2,1-8H3,(H,51,57)/b12-11-,30-18-/t26?,32?,33-,35-,36?,37?,42?,44?,45?,47?,66?/m0/s1. The first-order valence-electron chi connectivity index (χ1n) is 21.2. The second-order valence-electron chi connectivity index (χ2n) is 16.1. The molecule has 66 heavy (non-hydrogen) atoms. The van der Waals surface area contributed by atoms with E-state index in [0.29, 0.717) is 22.2 Å². The van der Waals surface area contributed by atoms with Crippen molar-refractivity contribution in [2.24, 2.45) is 0 Å². The van der Waals surface area contributed by atoms with Crippen molar-refractivity contribution >= 4 is 71.9 Å².